The highest BCUT2D eigenvalue weighted by Gasteiger charge is 2.19. The van der Waals surface area contributed by atoms with Gasteiger partial charge in [0.15, 0.2) is 11.7 Å². The van der Waals surface area contributed by atoms with Crippen molar-refractivity contribution < 1.29 is 9.26 Å². The summed E-state index contributed by atoms with van der Waals surface area (Å²) in [6.07, 6.45) is 4.61. The van der Waals surface area contributed by atoms with Crippen molar-refractivity contribution in [2.45, 2.75) is 52.0 Å². The molecule has 0 radical (unpaired) electrons. The SMILES string of the molecule is CCC(CC)c1cc(CNC(=NC)NCC2CCN(CCOC)CC2)on1.I. The maximum Gasteiger partial charge on any atom is 0.191 e. The minimum atomic E-state index is 0. The van der Waals surface area contributed by atoms with Gasteiger partial charge >= 0.3 is 0 Å². The number of hydrogen-bond acceptors (Lipinski definition) is 5. The molecule has 1 fully saturated rings. The zero-order valence-corrected chi connectivity index (χ0v) is 20.2. The molecule has 0 saturated carbocycles. The monoisotopic (exact) mass is 507 g/mol. The van der Waals surface area contributed by atoms with Crippen molar-refractivity contribution in [3.05, 3.63) is 17.5 Å². The van der Waals surface area contributed by atoms with Crippen LogP contribution in [0.2, 0.25) is 0 Å². The van der Waals surface area contributed by atoms with Gasteiger partial charge in [-0.15, -0.1) is 24.0 Å². The molecule has 2 rings (SSSR count). The number of halogens is 1. The molecular formula is C20H38IN5O2. The van der Waals surface area contributed by atoms with E-state index in [0.717, 1.165) is 63.0 Å². The van der Waals surface area contributed by atoms with E-state index in [1.54, 1.807) is 14.2 Å². The molecule has 28 heavy (non-hydrogen) atoms. The van der Waals surface area contributed by atoms with Crippen molar-refractivity contribution >= 4 is 29.9 Å². The lowest BCUT2D eigenvalue weighted by Crippen LogP contribution is -2.43. The maximum absolute atomic E-state index is 5.47. The standard InChI is InChI=1S/C20H37N5O2.HI/c1-5-17(6-2)19-13-18(27-24-19)15-23-20(21-3)22-14-16-7-9-25(10-8-16)11-12-26-4;/h13,16-17H,5-12,14-15H2,1-4H3,(H2,21,22,23);1H. The number of nitrogens with zero attached hydrogens (tertiary/aromatic N) is 3. The van der Waals surface area contributed by atoms with E-state index in [1.807, 2.05) is 0 Å². The molecule has 1 aliphatic rings. The number of aliphatic imine (C=N–C) groups is 1. The molecule has 0 aliphatic carbocycles. The Hall–Kier alpha value is -0.870. The first-order valence-corrected chi connectivity index (χ1v) is 10.3. The van der Waals surface area contributed by atoms with Gasteiger partial charge in [0.05, 0.1) is 18.8 Å². The summed E-state index contributed by atoms with van der Waals surface area (Å²) >= 11 is 0. The molecule has 2 heterocycles. The minimum Gasteiger partial charge on any atom is -0.383 e. The van der Waals surface area contributed by atoms with E-state index < -0.39 is 0 Å². The third kappa shape index (κ3) is 8.24. The second kappa shape index (κ2) is 14.2. The second-order valence-corrected chi connectivity index (χ2v) is 7.32. The van der Waals surface area contributed by atoms with Crippen LogP contribution >= 0.6 is 24.0 Å². The fourth-order valence-electron chi connectivity index (χ4n) is 3.58. The Bertz CT molecular complexity index is 555. The smallest absolute Gasteiger partial charge is 0.191 e. The minimum absolute atomic E-state index is 0. The Morgan fingerprint density at radius 2 is 2.04 bits per heavy atom. The summed E-state index contributed by atoms with van der Waals surface area (Å²) in [7, 11) is 3.57. The number of aromatic nitrogens is 1. The Morgan fingerprint density at radius 1 is 1.32 bits per heavy atom. The summed E-state index contributed by atoms with van der Waals surface area (Å²) in [6, 6.07) is 2.06. The molecule has 0 aromatic carbocycles. The van der Waals surface area contributed by atoms with Crippen LogP contribution < -0.4 is 10.6 Å². The zero-order chi connectivity index (χ0) is 19.5. The summed E-state index contributed by atoms with van der Waals surface area (Å²) in [4.78, 5) is 6.80. The van der Waals surface area contributed by atoms with Crippen molar-refractivity contribution in [3.63, 3.8) is 0 Å². The van der Waals surface area contributed by atoms with E-state index in [9.17, 15) is 0 Å². The Kier molecular flexibility index (Phi) is 12.7. The Morgan fingerprint density at radius 3 is 2.64 bits per heavy atom. The van der Waals surface area contributed by atoms with E-state index in [4.69, 9.17) is 9.26 Å². The molecule has 1 aromatic heterocycles. The van der Waals surface area contributed by atoms with Gasteiger partial charge in [-0.2, -0.15) is 0 Å². The predicted octanol–water partition coefficient (Wildman–Crippen LogP) is 3.22. The molecule has 1 aliphatic heterocycles. The lowest BCUT2D eigenvalue weighted by Gasteiger charge is -2.32. The summed E-state index contributed by atoms with van der Waals surface area (Å²) in [5.74, 6) is 2.84. The first-order chi connectivity index (χ1) is 13.2. The molecule has 0 atom stereocenters. The molecule has 8 heteroatoms. The molecule has 2 N–H and O–H groups in total. The lowest BCUT2D eigenvalue weighted by atomic mass is 9.97. The van der Waals surface area contributed by atoms with Crippen LogP contribution in [0.25, 0.3) is 0 Å². The van der Waals surface area contributed by atoms with E-state index >= 15 is 0 Å². The summed E-state index contributed by atoms with van der Waals surface area (Å²) in [6.45, 7) is 10.1. The van der Waals surface area contributed by atoms with Crippen molar-refractivity contribution in [1.82, 2.24) is 20.7 Å². The van der Waals surface area contributed by atoms with Crippen LogP contribution in [-0.2, 0) is 11.3 Å². The summed E-state index contributed by atoms with van der Waals surface area (Å²) < 4.78 is 10.6. The highest BCUT2D eigenvalue weighted by Crippen LogP contribution is 2.22. The van der Waals surface area contributed by atoms with Crippen LogP contribution in [0, 0.1) is 5.92 Å². The van der Waals surface area contributed by atoms with Crippen LogP contribution in [-0.4, -0.2) is 63.0 Å². The van der Waals surface area contributed by atoms with Gasteiger partial charge in [0.25, 0.3) is 0 Å². The number of likely N-dealkylation sites (tertiary alicyclic amines) is 1. The van der Waals surface area contributed by atoms with E-state index in [2.05, 4.69) is 45.6 Å². The molecule has 7 nitrogen and oxygen atoms in total. The first kappa shape index (κ1) is 25.2. The summed E-state index contributed by atoms with van der Waals surface area (Å²) in [5.41, 5.74) is 1.06. The largest absolute Gasteiger partial charge is 0.383 e. The Balaban J connectivity index is 0.00000392. The fraction of sp³-hybridized carbons (Fsp3) is 0.800. The number of methoxy groups -OCH3 is 1. The molecular weight excluding hydrogens is 469 g/mol. The van der Waals surface area contributed by atoms with Crippen molar-refractivity contribution in [2.24, 2.45) is 10.9 Å². The van der Waals surface area contributed by atoms with Gasteiger partial charge in [-0.3, -0.25) is 4.99 Å². The number of rotatable bonds is 10. The third-order valence-electron chi connectivity index (χ3n) is 5.51. The molecule has 0 spiro atoms. The number of hydrogen-bond donors (Lipinski definition) is 2. The van der Waals surface area contributed by atoms with E-state index in [0.29, 0.717) is 18.4 Å². The average molecular weight is 507 g/mol. The molecule has 0 unspecified atom stereocenters. The van der Waals surface area contributed by atoms with Gasteiger partial charge < -0.3 is 24.8 Å². The topological polar surface area (TPSA) is 74.9 Å². The third-order valence-corrected chi connectivity index (χ3v) is 5.51. The normalized spacial score (nSPS) is 16.2. The predicted molar refractivity (Wildman–Crippen MR) is 124 cm³/mol. The van der Waals surface area contributed by atoms with Crippen molar-refractivity contribution in [3.8, 4) is 0 Å². The number of ether oxygens (including phenoxy) is 1. The molecule has 0 bridgehead atoms. The molecule has 1 saturated heterocycles. The Labute approximate surface area is 187 Å². The molecule has 1 aromatic rings. The zero-order valence-electron chi connectivity index (χ0n) is 17.9. The van der Waals surface area contributed by atoms with Crippen molar-refractivity contribution in [2.75, 3.05) is 46.9 Å². The van der Waals surface area contributed by atoms with Gasteiger partial charge in [0, 0.05) is 39.2 Å². The van der Waals surface area contributed by atoms with Gasteiger partial charge in [-0.25, -0.2) is 0 Å². The van der Waals surface area contributed by atoms with E-state index in [1.165, 1.54) is 12.8 Å². The fourth-order valence-corrected chi connectivity index (χ4v) is 3.58. The van der Waals surface area contributed by atoms with Crippen LogP contribution in [0.15, 0.2) is 15.6 Å². The summed E-state index contributed by atoms with van der Waals surface area (Å²) in [5, 5.41) is 11.0. The van der Waals surface area contributed by atoms with Crippen LogP contribution in [0.5, 0.6) is 0 Å². The number of piperidine rings is 1. The van der Waals surface area contributed by atoms with Crippen LogP contribution in [0.1, 0.15) is 56.9 Å². The lowest BCUT2D eigenvalue weighted by molar-refractivity contribution is 0.121. The average Bonchev–Trinajstić information content (AvgIpc) is 3.17. The first-order valence-electron chi connectivity index (χ1n) is 10.3. The van der Waals surface area contributed by atoms with E-state index in [-0.39, 0.29) is 24.0 Å². The van der Waals surface area contributed by atoms with Gasteiger partial charge in [0.2, 0.25) is 0 Å². The van der Waals surface area contributed by atoms with Crippen LogP contribution in [0.3, 0.4) is 0 Å². The van der Waals surface area contributed by atoms with Gasteiger partial charge in [-0.1, -0.05) is 19.0 Å². The highest BCUT2D eigenvalue weighted by atomic mass is 127. The second-order valence-electron chi connectivity index (χ2n) is 7.32. The van der Waals surface area contributed by atoms with Gasteiger partial charge in [-0.05, 0) is 44.7 Å². The van der Waals surface area contributed by atoms with Crippen molar-refractivity contribution in [1.29, 1.82) is 0 Å². The number of nitrogens with one attached hydrogen (secondary N) is 2. The van der Waals surface area contributed by atoms with Gasteiger partial charge in [0.1, 0.15) is 0 Å². The highest BCUT2D eigenvalue weighted by molar-refractivity contribution is 14.0. The molecule has 0 amide bonds. The quantitative estimate of drug-likeness (QED) is 0.288. The maximum atomic E-state index is 5.47. The number of guanidine groups is 1. The molecule has 162 valence electrons. The van der Waals surface area contributed by atoms with Crippen LogP contribution in [0.4, 0.5) is 0 Å².